The second-order valence-corrected chi connectivity index (χ2v) is 31.3. The molecule has 0 aromatic heterocycles. The third-order valence-corrected chi connectivity index (χ3v) is 19.2. The molecule has 4 heterocycles. The highest BCUT2D eigenvalue weighted by Gasteiger charge is 2.18. The van der Waals surface area contributed by atoms with E-state index in [0.717, 1.165) is 92.2 Å². The van der Waals surface area contributed by atoms with Crippen LogP contribution in [0.4, 0.5) is 26.3 Å². The van der Waals surface area contributed by atoms with Crippen LogP contribution >= 0.6 is 0 Å². The maximum Gasteiger partial charge on any atom is 0.161 e. The zero-order valence-electron chi connectivity index (χ0n) is 68.2. The fourth-order valence-corrected chi connectivity index (χ4v) is 10.9. The Labute approximate surface area is 626 Å². The van der Waals surface area contributed by atoms with Gasteiger partial charge >= 0.3 is 0 Å². The van der Waals surface area contributed by atoms with Gasteiger partial charge in [0.15, 0.2) is 24.2 Å². The lowest BCUT2D eigenvalue weighted by Crippen LogP contribution is -2.27. The first kappa shape index (κ1) is 98.2. The van der Waals surface area contributed by atoms with Crippen LogP contribution in [0.5, 0.6) is 0 Å². The molecule has 0 radical (unpaired) electrons. The Hall–Kier alpha value is -4.82. The molecule has 4 aliphatic heterocycles. The second kappa shape index (κ2) is 55.6. The minimum Gasteiger partial charge on any atom is -0.378 e. The standard InChI is InChI=1S/2C8H8F2.2C8H9F.2C8H16.C8H14.C8H10.2C7H14O.2C6H12O2.CH4/c1-5-3-7(9)6(2)8(10)4-5;1-5-3-4-6(2)8(10)7(5)9;2*1-6-3-4-7(2)8(9)5-6;4*1-7-3-5-8(2)6-4-7;2*1-6-3-4-7(2)8-5-6;2*1-5-3-7-6(2)8-4-5;/h2*3-4H,1-2H3;2*3-5H,1-2H3;2*7-8H,3-6H2,1-2H3;3,8H,4-6H2,1-2H3;3-6H,1-2H3;2*6-7H,3-5H2,1-2H3;2*5-6H,3-4H2,1-2H3;1H4. The fraction of sp³-hybridized carbons (Fsp3) is 0.648. The molecule has 6 fully saturated rings. The summed E-state index contributed by atoms with van der Waals surface area (Å²) in [5.74, 6) is 5.11. The van der Waals surface area contributed by atoms with Crippen LogP contribution < -0.4 is 0 Å². The Morgan fingerprint density at radius 2 is 0.544 bits per heavy atom. The maximum absolute atomic E-state index is 12.6. The van der Waals surface area contributed by atoms with Crippen molar-refractivity contribution in [1.82, 2.24) is 0 Å². The molecule has 2 saturated carbocycles. The molecule has 5 aromatic carbocycles. The number of aryl methyl sites for hydroxylation is 9. The Morgan fingerprint density at radius 3 is 0.777 bits per heavy atom. The van der Waals surface area contributed by atoms with E-state index in [1.807, 2.05) is 39.8 Å². The number of benzene rings is 5. The zero-order chi connectivity index (χ0) is 77.0. The minimum absolute atomic E-state index is 0. The lowest BCUT2D eigenvalue weighted by molar-refractivity contribution is -0.187. The summed E-state index contributed by atoms with van der Waals surface area (Å²) >= 11 is 0. The molecule has 0 bridgehead atoms. The van der Waals surface area contributed by atoms with E-state index in [4.69, 9.17) is 28.4 Å². The molecule has 12 heteroatoms. The average molecular weight is 1450 g/mol. The Kier molecular flexibility index (Phi) is 53.0. The van der Waals surface area contributed by atoms with Gasteiger partial charge in [-0.2, -0.15) is 0 Å². The van der Waals surface area contributed by atoms with Gasteiger partial charge in [0, 0.05) is 30.6 Å². The predicted octanol–water partition coefficient (Wildman–Crippen LogP) is 27.1. The van der Waals surface area contributed by atoms with Crippen LogP contribution in [0.3, 0.4) is 0 Å². The molecule has 6 nitrogen and oxygen atoms in total. The normalized spacial score (nSPS) is 25.2. The van der Waals surface area contributed by atoms with Crippen molar-refractivity contribution < 1.29 is 54.8 Å². The predicted molar refractivity (Wildman–Crippen MR) is 425 cm³/mol. The van der Waals surface area contributed by atoms with Crippen LogP contribution in [-0.2, 0) is 28.4 Å². The fourth-order valence-electron chi connectivity index (χ4n) is 10.9. The van der Waals surface area contributed by atoms with Crippen LogP contribution in [0.15, 0.2) is 96.6 Å². The van der Waals surface area contributed by atoms with Crippen molar-refractivity contribution >= 4 is 0 Å². The van der Waals surface area contributed by atoms with Gasteiger partial charge in [-0.3, -0.25) is 0 Å². The first-order valence-corrected chi connectivity index (χ1v) is 38.6. The number of hydrogen-bond donors (Lipinski definition) is 0. The highest BCUT2D eigenvalue weighted by atomic mass is 19.2. The summed E-state index contributed by atoms with van der Waals surface area (Å²) < 4.78 is 107. The second-order valence-electron chi connectivity index (χ2n) is 31.3. The summed E-state index contributed by atoms with van der Waals surface area (Å²) in [6.07, 6.45) is 24.5. The van der Waals surface area contributed by atoms with E-state index in [-0.39, 0.29) is 37.2 Å². The average Bonchev–Trinajstić information content (AvgIpc) is 0.875. The van der Waals surface area contributed by atoms with Gasteiger partial charge in [-0.25, -0.2) is 26.3 Å². The highest BCUT2D eigenvalue weighted by molar-refractivity contribution is 5.26. The van der Waals surface area contributed by atoms with Crippen LogP contribution in [0, 0.1) is 157 Å². The van der Waals surface area contributed by atoms with Gasteiger partial charge in [0.05, 0.1) is 38.6 Å². The number of halogens is 6. The molecule has 588 valence electrons. The largest absolute Gasteiger partial charge is 0.378 e. The lowest BCUT2D eigenvalue weighted by atomic mass is 9.84. The quantitative estimate of drug-likeness (QED) is 0.114. The maximum atomic E-state index is 12.6. The molecule has 0 spiro atoms. The van der Waals surface area contributed by atoms with Gasteiger partial charge in [-0.1, -0.05) is 205 Å². The van der Waals surface area contributed by atoms with Gasteiger partial charge < -0.3 is 28.4 Å². The molecule has 5 aromatic rings. The molecule has 0 N–H and O–H groups in total. The number of rotatable bonds is 0. The monoisotopic (exact) mass is 1450 g/mol. The van der Waals surface area contributed by atoms with E-state index in [1.165, 1.54) is 152 Å². The summed E-state index contributed by atoms with van der Waals surface area (Å²) in [7, 11) is 0. The van der Waals surface area contributed by atoms with Crippen molar-refractivity contribution in [1.29, 1.82) is 0 Å². The SMILES string of the molecule is C.CC1=CCC(C)CC1.CC1CCC(C)CC1.CC1CCC(C)CC1.CC1CCC(C)OC1.CC1CCC(C)OC1.CC1COC(C)OC1.CC1COC(C)OC1.Cc1cc(F)c(C)c(F)c1.Cc1ccc(C)c(F)c1.Cc1ccc(C)c(F)c1.Cc1ccc(C)c(F)c1F.Cc1ccc(C)cc1. The first-order chi connectivity index (χ1) is 47.9. The van der Waals surface area contributed by atoms with E-state index in [1.54, 1.807) is 50.6 Å². The van der Waals surface area contributed by atoms with Crippen molar-refractivity contribution in [3.8, 4) is 0 Å². The molecule has 5 atom stereocenters. The third kappa shape index (κ3) is 48.9. The van der Waals surface area contributed by atoms with E-state index in [2.05, 4.69) is 127 Å². The molecular formula is C91H146F6O6. The van der Waals surface area contributed by atoms with Crippen LogP contribution in [0.2, 0.25) is 0 Å². The van der Waals surface area contributed by atoms with Crippen molar-refractivity contribution in [3.05, 3.63) is 187 Å². The smallest absolute Gasteiger partial charge is 0.161 e. The number of hydrogen-bond acceptors (Lipinski definition) is 6. The van der Waals surface area contributed by atoms with Crippen molar-refractivity contribution in [2.45, 2.75) is 295 Å². The Morgan fingerprint density at radius 1 is 0.272 bits per heavy atom. The van der Waals surface area contributed by atoms with E-state index < -0.39 is 23.3 Å². The van der Waals surface area contributed by atoms with Crippen LogP contribution in [0.1, 0.15) is 256 Å². The van der Waals surface area contributed by atoms with E-state index in [9.17, 15) is 26.3 Å². The first-order valence-electron chi connectivity index (χ1n) is 38.6. The Bertz CT molecular complexity index is 2640. The highest BCUT2D eigenvalue weighted by Crippen LogP contribution is 2.29. The molecule has 0 amide bonds. The van der Waals surface area contributed by atoms with Gasteiger partial charge in [0.1, 0.15) is 23.3 Å². The topological polar surface area (TPSA) is 55.4 Å². The minimum atomic E-state index is -0.736. The lowest BCUT2D eigenvalue weighted by Gasteiger charge is -2.24. The van der Waals surface area contributed by atoms with Crippen molar-refractivity contribution in [3.63, 3.8) is 0 Å². The molecule has 103 heavy (non-hydrogen) atoms. The number of ether oxygens (including phenoxy) is 6. The van der Waals surface area contributed by atoms with Gasteiger partial charge in [-0.05, 0) is 253 Å². The van der Waals surface area contributed by atoms with E-state index in [0.29, 0.717) is 51.9 Å². The summed E-state index contributed by atoms with van der Waals surface area (Å²) in [5, 5.41) is 0. The summed E-state index contributed by atoms with van der Waals surface area (Å²) in [6, 6.07) is 24.7. The third-order valence-electron chi connectivity index (χ3n) is 19.2. The molecule has 12 rings (SSSR count). The van der Waals surface area contributed by atoms with Crippen molar-refractivity contribution in [2.24, 2.45) is 53.3 Å². The van der Waals surface area contributed by atoms with Crippen molar-refractivity contribution in [2.75, 3.05) is 39.6 Å². The van der Waals surface area contributed by atoms with E-state index >= 15 is 0 Å². The van der Waals surface area contributed by atoms with Gasteiger partial charge in [0.25, 0.3) is 0 Å². The molecule has 5 unspecified atom stereocenters. The summed E-state index contributed by atoms with van der Waals surface area (Å²) in [4.78, 5) is 0. The molecule has 7 aliphatic rings. The molecule has 3 aliphatic carbocycles. The Balaban J connectivity index is 0.00000110. The van der Waals surface area contributed by atoms with Gasteiger partial charge in [0.2, 0.25) is 0 Å². The zero-order valence-corrected chi connectivity index (χ0v) is 68.2. The summed E-state index contributed by atoms with van der Waals surface area (Å²) in [6.45, 7) is 53.8. The number of allylic oxidation sites excluding steroid dienone is 2. The van der Waals surface area contributed by atoms with Gasteiger partial charge in [-0.15, -0.1) is 0 Å². The van der Waals surface area contributed by atoms with Crippen LogP contribution in [-0.4, -0.2) is 64.4 Å². The summed E-state index contributed by atoms with van der Waals surface area (Å²) in [5.41, 5.74) is 9.00. The molecular weight excluding hydrogens is 1300 g/mol. The molecule has 4 saturated heterocycles. The van der Waals surface area contributed by atoms with Crippen LogP contribution in [0.25, 0.3) is 0 Å².